The Hall–Kier alpha value is -2.67. The van der Waals surface area contributed by atoms with Gasteiger partial charge >= 0.3 is 0 Å². The Kier molecular flexibility index (Phi) is 3.55. The number of hydrogen-bond donors (Lipinski definition) is 1. The summed E-state index contributed by atoms with van der Waals surface area (Å²) in [6, 6.07) is 9.88. The Morgan fingerprint density at radius 1 is 1.09 bits per heavy atom. The van der Waals surface area contributed by atoms with E-state index in [1.54, 1.807) is 10.7 Å². The van der Waals surface area contributed by atoms with E-state index in [-0.39, 0.29) is 0 Å². The van der Waals surface area contributed by atoms with Crippen LogP contribution in [0.5, 0.6) is 0 Å². The topological polar surface area (TPSA) is 61.6 Å². The van der Waals surface area contributed by atoms with Gasteiger partial charge in [-0.2, -0.15) is 4.98 Å². The molecule has 1 aliphatic rings. The summed E-state index contributed by atoms with van der Waals surface area (Å²) in [5, 5.41) is 7.56. The zero-order valence-electron chi connectivity index (χ0n) is 13.1. The third-order valence-corrected chi connectivity index (χ3v) is 4.09. The largest absolute Gasteiger partial charge is 0.369 e. The molecule has 1 saturated heterocycles. The first-order valence-corrected chi connectivity index (χ1v) is 7.76. The molecule has 7 heteroatoms. The molecule has 0 spiro atoms. The van der Waals surface area contributed by atoms with Crippen molar-refractivity contribution in [3.63, 3.8) is 0 Å². The molecule has 3 aromatic heterocycles. The van der Waals surface area contributed by atoms with Gasteiger partial charge in [-0.1, -0.05) is 6.07 Å². The maximum atomic E-state index is 4.54. The number of nitrogens with zero attached hydrogens (tertiary/aromatic N) is 6. The summed E-state index contributed by atoms with van der Waals surface area (Å²) in [6.45, 7) is 4.26. The van der Waals surface area contributed by atoms with Gasteiger partial charge in [-0.15, -0.1) is 5.10 Å². The monoisotopic (exact) mass is 309 g/mol. The van der Waals surface area contributed by atoms with Crippen LogP contribution in [0.3, 0.4) is 0 Å². The molecule has 0 saturated carbocycles. The molecule has 0 aliphatic carbocycles. The van der Waals surface area contributed by atoms with Gasteiger partial charge < -0.3 is 15.1 Å². The molecule has 4 rings (SSSR count). The second kappa shape index (κ2) is 5.85. The first-order valence-electron chi connectivity index (χ1n) is 7.76. The Bertz CT molecular complexity index is 791. The second-order valence-corrected chi connectivity index (χ2v) is 5.75. The van der Waals surface area contributed by atoms with E-state index in [0.29, 0.717) is 5.95 Å². The minimum absolute atomic E-state index is 0.555. The smallest absolute Gasteiger partial charge is 0.248 e. The lowest BCUT2D eigenvalue weighted by atomic mass is 10.3. The summed E-state index contributed by atoms with van der Waals surface area (Å²) < 4.78 is 1.78. The van der Waals surface area contributed by atoms with Crippen molar-refractivity contribution in [2.75, 3.05) is 43.4 Å². The molecule has 1 fully saturated rings. The van der Waals surface area contributed by atoms with E-state index in [1.807, 2.05) is 24.4 Å². The van der Waals surface area contributed by atoms with Crippen LogP contribution in [0, 0.1) is 0 Å². The number of aromatic nitrogens is 4. The van der Waals surface area contributed by atoms with Gasteiger partial charge in [0.2, 0.25) is 5.95 Å². The van der Waals surface area contributed by atoms with E-state index in [1.165, 1.54) is 5.69 Å². The number of pyridine rings is 2. The fourth-order valence-electron chi connectivity index (χ4n) is 2.74. The predicted molar refractivity (Wildman–Crippen MR) is 90.2 cm³/mol. The van der Waals surface area contributed by atoms with Crippen molar-refractivity contribution in [2.45, 2.75) is 0 Å². The van der Waals surface area contributed by atoms with Gasteiger partial charge in [-0.25, -0.2) is 9.50 Å². The van der Waals surface area contributed by atoms with E-state index in [4.69, 9.17) is 0 Å². The highest BCUT2D eigenvalue weighted by molar-refractivity contribution is 5.59. The maximum Gasteiger partial charge on any atom is 0.248 e. The number of piperazine rings is 1. The van der Waals surface area contributed by atoms with Crippen molar-refractivity contribution in [1.29, 1.82) is 0 Å². The van der Waals surface area contributed by atoms with E-state index in [2.05, 4.69) is 49.4 Å². The summed E-state index contributed by atoms with van der Waals surface area (Å²) in [6.07, 6.45) is 3.70. The molecule has 0 atom stereocenters. The summed E-state index contributed by atoms with van der Waals surface area (Å²) in [5.41, 5.74) is 2.03. The van der Waals surface area contributed by atoms with Crippen LogP contribution >= 0.6 is 0 Å². The Morgan fingerprint density at radius 2 is 1.96 bits per heavy atom. The minimum atomic E-state index is 0.555. The summed E-state index contributed by atoms with van der Waals surface area (Å²) in [7, 11) is 2.16. The fraction of sp³-hybridized carbons (Fsp3) is 0.312. The highest BCUT2D eigenvalue weighted by Crippen LogP contribution is 2.19. The third-order valence-electron chi connectivity index (χ3n) is 4.09. The number of hydrogen-bond acceptors (Lipinski definition) is 6. The Morgan fingerprint density at radius 3 is 2.74 bits per heavy atom. The van der Waals surface area contributed by atoms with Crippen molar-refractivity contribution < 1.29 is 0 Å². The van der Waals surface area contributed by atoms with Crippen LogP contribution < -0.4 is 10.2 Å². The van der Waals surface area contributed by atoms with Gasteiger partial charge in [-0.3, -0.25) is 0 Å². The zero-order valence-corrected chi connectivity index (χ0v) is 13.1. The van der Waals surface area contributed by atoms with Crippen molar-refractivity contribution in [3.05, 3.63) is 42.7 Å². The van der Waals surface area contributed by atoms with Crippen LogP contribution in [0.15, 0.2) is 42.7 Å². The van der Waals surface area contributed by atoms with Crippen LogP contribution in [-0.2, 0) is 0 Å². The molecule has 0 aromatic carbocycles. The first kappa shape index (κ1) is 14.0. The van der Waals surface area contributed by atoms with Crippen molar-refractivity contribution in [2.24, 2.45) is 0 Å². The number of nitrogens with one attached hydrogen (secondary N) is 1. The van der Waals surface area contributed by atoms with Crippen LogP contribution in [-0.4, -0.2) is 57.7 Å². The fourth-order valence-corrected chi connectivity index (χ4v) is 2.74. The summed E-state index contributed by atoms with van der Waals surface area (Å²) >= 11 is 0. The normalized spacial score (nSPS) is 16.0. The molecular formula is C16H19N7. The number of likely N-dealkylation sites (N-methyl/N-ethyl adjacent to an activating group) is 1. The summed E-state index contributed by atoms with van der Waals surface area (Å²) in [5.74, 6) is 1.29. The molecule has 1 aliphatic heterocycles. The average Bonchev–Trinajstić information content (AvgIpc) is 2.98. The van der Waals surface area contributed by atoms with E-state index >= 15 is 0 Å². The molecule has 7 nitrogen and oxygen atoms in total. The molecule has 0 amide bonds. The van der Waals surface area contributed by atoms with Crippen LogP contribution in [0.1, 0.15) is 0 Å². The lowest BCUT2D eigenvalue weighted by Crippen LogP contribution is -2.44. The SMILES string of the molecule is CN1CCN(c2ccn3nc(Nc4ccccn4)nc3c2)CC1. The van der Waals surface area contributed by atoms with Gasteiger partial charge in [0.15, 0.2) is 5.65 Å². The molecule has 23 heavy (non-hydrogen) atoms. The maximum absolute atomic E-state index is 4.54. The first-order chi connectivity index (χ1) is 11.3. The second-order valence-electron chi connectivity index (χ2n) is 5.75. The summed E-state index contributed by atoms with van der Waals surface area (Å²) in [4.78, 5) is 13.5. The van der Waals surface area contributed by atoms with Crippen molar-refractivity contribution in [1.82, 2.24) is 24.5 Å². The average molecular weight is 309 g/mol. The molecule has 0 radical (unpaired) electrons. The molecule has 4 heterocycles. The van der Waals surface area contributed by atoms with Gasteiger partial charge in [0.1, 0.15) is 5.82 Å². The van der Waals surface area contributed by atoms with Crippen LogP contribution in [0.2, 0.25) is 0 Å². The van der Waals surface area contributed by atoms with Gasteiger partial charge in [0.25, 0.3) is 0 Å². The molecular weight excluding hydrogens is 290 g/mol. The van der Waals surface area contributed by atoms with Crippen LogP contribution in [0.25, 0.3) is 5.65 Å². The van der Waals surface area contributed by atoms with E-state index in [9.17, 15) is 0 Å². The van der Waals surface area contributed by atoms with Gasteiger partial charge in [0.05, 0.1) is 0 Å². The van der Waals surface area contributed by atoms with Crippen molar-refractivity contribution in [3.8, 4) is 0 Å². The highest BCUT2D eigenvalue weighted by atomic mass is 15.4. The third kappa shape index (κ3) is 2.95. The lowest BCUT2D eigenvalue weighted by molar-refractivity contribution is 0.313. The number of rotatable bonds is 3. The molecule has 118 valence electrons. The van der Waals surface area contributed by atoms with Gasteiger partial charge in [0, 0.05) is 50.3 Å². The lowest BCUT2D eigenvalue weighted by Gasteiger charge is -2.33. The molecule has 3 aromatic rings. The molecule has 1 N–H and O–H groups in total. The van der Waals surface area contributed by atoms with E-state index < -0.39 is 0 Å². The Balaban J connectivity index is 1.57. The number of fused-ring (bicyclic) bond motifs is 1. The standard InChI is InChI=1S/C16H19N7/c1-21-8-10-22(11-9-21)13-5-7-23-15(12-13)19-16(20-23)18-14-4-2-3-6-17-14/h2-7,12H,8-11H2,1H3,(H,17,18,20). The Labute approximate surface area is 134 Å². The van der Waals surface area contributed by atoms with Crippen molar-refractivity contribution >= 4 is 23.1 Å². The minimum Gasteiger partial charge on any atom is -0.369 e. The predicted octanol–water partition coefficient (Wildman–Crippen LogP) is 1.62. The zero-order chi connectivity index (χ0) is 15.6. The van der Waals surface area contributed by atoms with E-state index in [0.717, 1.165) is 37.6 Å². The molecule has 0 bridgehead atoms. The number of anilines is 3. The highest BCUT2D eigenvalue weighted by Gasteiger charge is 2.15. The molecule has 0 unspecified atom stereocenters. The quantitative estimate of drug-likeness (QED) is 0.793. The van der Waals surface area contributed by atoms with Gasteiger partial charge in [-0.05, 0) is 25.2 Å². The van der Waals surface area contributed by atoms with Crippen LogP contribution in [0.4, 0.5) is 17.5 Å².